The highest BCUT2D eigenvalue weighted by atomic mass is 16.2. The molecule has 3 nitrogen and oxygen atoms in total. The molecule has 0 aromatic heterocycles. The summed E-state index contributed by atoms with van der Waals surface area (Å²) in [4.78, 5) is 12.4. The largest absolute Gasteiger partial charge is 0.361 e. The van der Waals surface area contributed by atoms with E-state index >= 15 is 0 Å². The number of carbonyl (C=O) groups is 1. The molecule has 1 aromatic rings. The molecule has 21 heavy (non-hydrogen) atoms. The fourth-order valence-corrected chi connectivity index (χ4v) is 4.33. The number of carbonyl (C=O) groups excluding carboxylic acids is 1. The van der Waals surface area contributed by atoms with E-state index in [1.165, 1.54) is 12.0 Å². The van der Waals surface area contributed by atoms with E-state index in [0.29, 0.717) is 11.3 Å². The van der Waals surface area contributed by atoms with Gasteiger partial charge in [0.05, 0.1) is 11.3 Å². The maximum Gasteiger partial charge on any atom is 0.255 e. The van der Waals surface area contributed by atoms with E-state index in [1.807, 2.05) is 12.1 Å². The van der Waals surface area contributed by atoms with Gasteiger partial charge in [0.2, 0.25) is 0 Å². The van der Waals surface area contributed by atoms with Gasteiger partial charge in [-0.2, -0.15) is 0 Å². The topological polar surface area (TPSA) is 41.1 Å². The van der Waals surface area contributed by atoms with Crippen molar-refractivity contribution in [1.29, 1.82) is 0 Å². The average Bonchev–Trinajstić information content (AvgIpc) is 2.48. The van der Waals surface area contributed by atoms with Crippen molar-refractivity contribution in [3.63, 3.8) is 0 Å². The van der Waals surface area contributed by atoms with Gasteiger partial charge in [0.15, 0.2) is 0 Å². The summed E-state index contributed by atoms with van der Waals surface area (Å²) < 4.78 is 0. The Morgan fingerprint density at radius 3 is 2.76 bits per heavy atom. The van der Waals surface area contributed by atoms with Gasteiger partial charge < -0.3 is 10.6 Å². The molecule has 0 unspecified atom stereocenters. The number of para-hydroxylation sites is 1. The molecule has 1 saturated carbocycles. The molecule has 1 aromatic carbocycles. The minimum absolute atomic E-state index is 0.0394. The van der Waals surface area contributed by atoms with E-state index in [4.69, 9.17) is 0 Å². The zero-order valence-corrected chi connectivity index (χ0v) is 12.9. The van der Waals surface area contributed by atoms with E-state index in [9.17, 15) is 4.79 Å². The third-order valence-corrected chi connectivity index (χ3v) is 5.93. The van der Waals surface area contributed by atoms with Crippen molar-refractivity contribution in [3.8, 4) is 0 Å². The summed E-state index contributed by atoms with van der Waals surface area (Å²) in [5.74, 6) is 1.46. The van der Waals surface area contributed by atoms with Gasteiger partial charge in [0, 0.05) is 0 Å². The van der Waals surface area contributed by atoms with Crippen LogP contribution in [0.2, 0.25) is 0 Å². The first kappa shape index (κ1) is 12.9. The molecule has 5 rings (SSSR count). The number of hydrogen-bond acceptors (Lipinski definition) is 2. The summed E-state index contributed by atoms with van der Waals surface area (Å²) in [6, 6.07) is 5.88. The van der Waals surface area contributed by atoms with Crippen LogP contribution < -0.4 is 10.6 Å². The molecule has 110 valence electrons. The second-order valence-electron chi connectivity index (χ2n) is 7.29. The Labute approximate surface area is 125 Å². The highest BCUT2D eigenvalue weighted by molar-refractivity contribution is 6.02. The molecular weight excluding hydrogens is 260 g/mol. The molecule has 1 amide bonds. The first-order valence-electron chi connectivity index (χ1n) is 7.85. The summed E-state index contributed by atoms with van der Waals surface area (Å²) in [6.45, 7) is 6.78. The Morgan fingerprint density at radius 2 is 2.05 bits per heavy atom. The van der Waals surface area contributed by atoms with E-state index in [0.717, 1.165) is 29.2 Å². The maximum absolute atomic E-state index is 12.4. The molecule has 2 bridgehead atoms. The fraction of sp³-hybridized carbons (Fsp3) is 0.500. The molecule has 1 heterocycles. The smallest absolute Gasteiger partial charge is 0.255 e. The van der Waals surface area contributed by atoms with Gasteiger partial charge in [-0.1, -0.05) is 32.1 Å². The lowest BCUT2D eigenvalue weighted by Crippen LogP contribution is -2.55. The van der Waals surface area contributed by atoms with Crippen LogP contribution in [-0.2, 0) is 0 Å². The lowest BCUT2D eigenvalue weighted by molar-refractivity contribution is -0.0100. The van der Waals surface area contributed by atoms with Crippen LogP contribution in [0.25, 0.3) is 0 Å². The van der Waals surface area contributed by atoms with Crippen LogP contribution in [0.5, 0.6) is 0 Å². The zero-order chi connectivity index (χ0) is 14.8. The Morgan fingerprint density at radius 1 is 1.24 bits per heavy atom. The molecule has 1 fully saturated rings. The summed E-state index contributed by atoms with van der Waals surface area (Å²) >= 11 is 0. The zero-order valence-electron chi connectivity index (χ0n) is 12.9. The Kier molecular flexibility index (Phi) is 2.54. The number of aryl methyl sites for hydroxylation is 1. The predicted molar refractivity (Wildman–Crippen MR) is 84.1 cm³/mol. The van der Waals surface area contributed by atoms with Crippen molar-refractivity contribution in [3.05, 3.63) is 41.0 Å². The number of benzene rings is 1. The standard InChI is InChI=1S/C18H22N2O/c1-10-5-4-6-13-15(10)19-16(20-17(13)21)12-8-7-11-9-14(12)18(11,2)3/h4-6,8,11,14,16,19H,7,9H2,1-3H3,(H,20,21)/t11-,14+,16-/m0/s1. The monoisotopic (exact) mass is 282 g/mol. The third kappa shape index (κ3) is 1.69. The van der Waals surface area contributed by atoms with Crippen molar-refractivity contribution >= 4 is 11.6 Å². The first-order chi connectivity index (χ1) is 9.98. The Bertz CT molecular complexity index is 659. The van der Waals surface area contributed by atoms with Crippen molar-refractivity contribution in [2.45, 2.75) is 39.8 Å². The van der Waals surface area contributed by atoms with Crippen LogP contribution in [0.1, 0.15) is 42.6 Å². The number of rotatable bonds is 1. The lowest BCUT2D eigenvalue weighted by atomic mass is 9.48. The van der Waals surface area contributed by atoms with Crippen molar-refractivity contribution < 1.29 is 4.79 Å². The van der Waals surface area contributed by atoms with Gasteiger partial charge >= 0.3 is 0 Å². The molecule has 1 aliphatic heterocycles. The van der Waals surface area contributed by atoms with E-state index in [1.54, 1.807) is 0 Å². The van der Waals surface area contributed by atoms with E-state index in [-0.39, 0.29) is 12.1 Å². The Hall–Kier alpha value is -1.77. The van der Waals surface area contributed by atoms with Gasteiger partial charge in [-0.3, -0.25) is 4.79 Å². The van der Waals surface area contributed by atoms with Gasteiger partial charge in [-0.25, -0.2) is 0 Å². The fourth-order valence-electron chi connectivity index (χ4n) is 4.33. The summed E-state index contributed by atoms with van der Waals surface area (Å²) in [5, 5.41) is 6.70. The highest BCUT2D eigenvalue weighted by Gasteiger charge is 2.53. The number of allylic oxidation sites excluding steroid dienone is 1. The van der Waals surface area contributed by atoms with Crippen LogP contribution in [0.4, 0.5) is 5.69 Å². The number of hydrogen-bond donors (Lipinski definition) is 2. The molecular formula is C18H22N2O. The van der Waals surface area contributed by atoms with Gasteiger partial charge in [-0.15, -0.1) is 0 Å². The number of amides is 1. The van der Waals surface area contributed by atoms with Crippen LogP contribution >= 0.6 is 0 Å². The predicted octanol–water partition coefficient (Wildman–Crippen LogP) is 3.47. The summed E-state index contributed by atoms with van der Waals surface area (Å²) in [7, 11) is 0. The highest BCUT2D eigenvalue weighted by Crippen LogP contribution is 2.59. The number of fused-ring (bicyclic) bond motifs is 2. The molecule has 4 aliphatic rings. The SMILES string of the molecule is Cc1cccc2c1N[C@H](C1=CC[C@H]3C[C@H]1C3(C)C)NC2=O. The molecule has 3 heteroatoms. The first-order valence-corrected chi connectivity index (χ1v) is 7.85. The molecule has 0 spiro atoms. The van der Waals surface area contributed by atoms with Gasteiger partial charge in [-0.05, 0) is 54.2 Å². The number of nitrogens with one attached hydrogen (secondary N) is 2. The van der Waals surface area contributed by atoms with Crippen LogP contribution in [0.3, 0.4) is 0 Å². The third-order valence-electron chi connectivity index (χ3n) is 5.93. The lowest BCUT2D eigenvalue weighted by Gasteiger charge is -2.57. The van der Waals surface area contributed by atoms with Gasteiger partial charge in [0.25, 0.3) is 5.91 Å². The summed E-state index contributed by atoms with van der Waals surface area (Å²) in [5.41, 5.74) is 4.64. The van der Waals surface area contributed by atoms with Crippen molar-refractivity contribution in [2.24, 2.45) is 17.3 Å². The molecule has 0 radical (unpaired) electrons. The maximum atomic E-state index is 12.4. The average molecular weight is 282 g/mol. The Balaban J connectivity index is 1.69. The molecule has 3 aliphatic carbocycles. The van der Waals surface area contributed by atoms with E-state index in [2.05, 4.69) is 43.5 Å². The van der Waals surface area contributed by atoms with Gasteiger partial charge in [0.1, 0.15) is 6.17 Å². The van der Waals surface area contributed by atoms with Crippen LogP contribution in [0, 0.1) is 24.2 Å². The second kappa shape index (κ2) is 4.12. The second-order valence-corrected chi connectivity index (χ2v) is 7.29. The normalized spacial score (nSPS) is 32.2. The molecule has 3 atom stereocenters. The minimum Gasteiger partial charge on any atom is -0.361 e. The van der Waals surface area contributed by atoms with E-state index < -0.39 is 0 Å². The van der Waals surface area contributed by atoms with Crippen molar-refractivity contribution in [2.75, 3.05) is 5.32 Å². The quantitative estimate of drug-likeness (QED) is 0.774. The van der Waals surface area contributed by atoms with Crippen LogP contribution in [0.15, 0.2) is 29.8 Å². The molecule has 2 N–H and O–H groups in total. The number of anilines is 1. The minimum atomic E-state index is -0.0448. The molecule has 0 saturated heterocycles. The summed E-state index contributed by atoms with van der Waals surface area (Å²) in [6.07, 6.45) is 4.73. The van der Waals surface area contributed by atoms with Crippen LogP contribution in [-0.4, -0.2) is 12.1 Å². The van der Waals surface area contributed by atoms with Crippen molar-refractivity contribution in [1.82, 2.24) is 5.32 Å².